The van der Waals surface area contributed by atoms with Gasteiger partial charge in [-0.05, 0) is 6.07 Å². The summed E-state index contributed by atoms with van der Waals surface area (Å²) in [7, 11) is 1.20. The van der Waals surface area contributed by atoms with E-state index in [2.05, 4.69) is 0 Å². The van der Waals surface area contributed by atoms with Crippen molar-refractivity contribution in [2.24, 2.45) is 0 Å². The fraction of sp³-hybridized carbons (Fsp3) is 0.300. The minimum absolute atomic E-state index is 0.0762. The molecule has 1 aromatic carbocycles. The van der Waals surface area contributed by atoms with Crippen molar-refractivity contribution < 1.29 is 23.1 Å². The third-order valence-electron chi connectivity index (χ3n) is 2.68. The standard InChI is InChI=1S/C10H8F3NO2/c1-14-7-5-3-2-4-6(7)9(16,8(14)15)10(11,12)13/h2-5,16H,1H3. The Labute approximate surface area is 89.1 Å². The summed E-state index contributed by atoms with van der Waals surface area (Å²) in [6.45, 7) is 0. The van der Waals surface area contributed by atoms with Gasteiger partial charge in [-0.3, -0.25) is 4.79 Å². The predicted octanol–water partition coefficient (Wildman–Crippen LogP) is 1.41. The molecule has 0 fully saturated rings. The maximum absolute atomic E-state index is 12.7. The lowest BCUT2D eigenvalue weighted by Gasteiger charge is -2.24. The van der Waals surface area contributed by atoms with E-state index < -0.39 is 23.2 Å². The van der Waals surface area contributed by atoms with Crippen molar-refractivity contribution in [3.05, 3.63) is 29.8 Å². The average molecular weight is 231 g/mol. The van der Waals surface area contributed by atoms with Gasteiger partial charge in [-0.25, -0.2) is 0 Å². The van der Waals surface area contributed by atoms with Gasteiger partial charge in [0.05, 0.1) is 5.69 Å². The molecule has 0 bridgehead atoms. The summed E-state index contributed by atoms with van der Waals surface area (Å²) in [4.78, 5) is 12.3. The summed E-state index contributed by atoms with van der Waals surface area (Å²) in [6, 6.07) is 5.31. The van der Waals surface area contributed by atoms with Crippen LogP contribution in [0.2, 0.25) is 0 Å². The highest BCUT2D eigenvalue weighted by atomic mass is 19.4. The van der Waals surface area contributed by atoms with Gasteiger partial charge in [0.1, 0.15) is 0 Å². The molecule has 1 aliphatic rings. The van der Waals surface area contributed by atoms with Gasteiger partial charge in [0.15, 0.2) is 0 Å². The number of halogens is 3. The van der Waals surface area contributed by atoms with Crippen LogP contribution in [0.3, 0.4) is 0 Å². The minimum Gasteiger partial charge on any atom is -0.368 e. The van der Waals surface area contributed by atoms with Gasteiger partial charge in [-0.2, -0.15) is 13.2 Å². The van der Waals surface area contributed by atoms with Crippen LogP contribution in [0.5, 0.6) is 0 Å². The summed E-state index contributed by atoms with van der Waals surface area (Å²) in [6.07, 6.45) is -5.02. The number of nitrogens with zero attached hydrogens (tertiary/aromatic N) is 1. The van der Waals surface area contributed by atoms with E-state index in [9.17, 15) is 23.1 Å². The van der Waals surface area contributed by atoms with Crippen LogP contribution in [0, 0.1) is 0 Å². The lowest BCUT2D eigenvalue weighted by molar-refractivity contribution is -0.253. The molecule has 6 heteroatoms. The smallest absolute Gasteiger partial charge is 0.368 e. The molecule has 1 amide bonds. The van der Waals surface area contributed by atoms with Crippen molar-refractivity contribution in [1.82, 2.24) is 0 Å². The fourth-order valence-corrected chi connectivity index (χ4v) is 1.81. The van der Waals surface area contributed by atoms with Gasteiger partial charge in [0, 0.05) is 12.6 Å². The summed E-state index contributed by atoms with van der Waals surface area (Å²) < 4.78 is 38.2. The molecule has 16 heavy (non-hydrogen) atoms. The van der Waals surface area contributed by atoms with Crippen LogP contribution >= 0.6 is 0 Å². The van der Waals surface area contributed by atoms with Crippen molar-refractivity contribution in [2.45, 2.75) is 11.8 Å². The molecule has 0 saturated carbocycles. The summed E-state index contributed by atoms with van der Waals surface area (Å²) in [5, 5.41) is 9.60. The summed E-state index contributed by atoms with van der Waals surface area (Å²) in [5.41, 5.74) is -3.76. The average Bonchev–Trinajstić information content (AvgIpc) is 2.42. The van der Waals surface area contributed by atoms with Gasteiger partial charge in [0.2, 0.25) is 0 Å². The van der Waals surface area contributed by atoms with Crippen molar-refractivity contribution in [1.29, 1.82) is 0 Å². The third-order valence-corrected chi connectivity index (χ3v) is 2.68. The topological polar surface area (TPSA) is 40.5 Å². The number of amides is 1. The maximum Gasteiger partial charge on any atom is 0.430 e. The molecule has 0 saturated heterocycles. The highest BCUT2D eigenvalue weighted by Gasteiger charge is 2.65. The number of fused-ring (bicyclic) bond motifs is 1. The first-order valence-electron chi connectivity index (χ1n) is 4.47. The van der Waals surface area contributed by atoms with Crippen LogP contribution < -0.4 is 4.90 Å². The Morgan fingerprint density at radius 2 is 1.88 bits per heavy atom. The van der Waals surface area contributed by atoms with Gasteiger partial charge in [-0.15, -0.1) is 0 Å². The predicted molar refractivity (Wildman–Crippen MR) is 49.8 cm³/mol. The van der Waals surface area contributed by atoms with Gasteiger partial charge in [-0.1, -0.05) is 18.2 Å². The molecule has 0 radical (unpaired) electrons. The number of para-hydroxylation sites is 1. The van der Waals surface area contributed by atoms with Crippen molar-refractivity contribution in [2.75, 3.05) is 11.9 Å². The Morgan fingerprint density at radius 1 is 1.31 bits per heavy atom. The van der Waals surface area contributed by atoms with Crippen LogP contribution in [0.1, 0.15) is 5.56 Å². The van der Waals surface area contributed by atoms with Crippen LogP contribution in [0.4, 0.5) is 18.9 Å². The lowest BCUT2D eigenvalue weighted by atomic mass is 9.95. The lowest BCUT2D eigenvalue weighted by Crippen LogP contribution is -2.49. The molecule has 0 aromatic heterocycles. The third kappa shape index (κ3) is 1.10. The Morgan fingerprint density at radius 3 is 2.44 bits per heavy atom. The minimum atomic E-state index is -5.02. The Balaban J connectivity index is 2.71. The van der Waals surface area contributed by atoms with Crippen LogP contribution in [0.25, 0.3) is 0 Å². The van der Waals surface area contributed by atoms with E-state index in [4.69, 9.17) is 0 Å². The molecule has 3 nitrogen and oxygen atoms in total. The summed E-state index contributed by atoms with van der Waals surface area (Å²) in [5.74, 6) is -1.37. The van der Waals surface area contributed by atoms with Crippen LogP contribution in [-0.2, 0) is 10.4 Å². The normalized spacial score (nSPS) is 24.8. The second-order valence-electron chi connectivity index (χ2n) is 3.59. The number of rotatable bonds is 0. The second-order valence-corrected chi connectivity index (χ2v) is 3.59. The molecular weight excluding hydrogens is 223 g/mol. The first-order chi connectivity index (χ1) is 7.30. The maximum atomic E-state index is 12.7. The molecule has 0 spiro atoms. The molecule has 1 aromatic rings. The van der Waals surface area contributed by atoms with Crippen molar-refractivity contribution in [3.8, 4) is 0 Å². The number of hydrogen-bond acceptors (Lipinski definition) is 2. The number of likely N-dealkylation sites (N-methyl/N-ethyl adjacent to an activating group) is 1. The number of hydrogen-bond donors (Lipinski definition) is 1. The number of carbonyl (C=O) groups excluding carboxylic acids is 1. The zero-order valence-corrected chi connectivity index (χ0v) is 8.25. The van der Waals surface area contributed by atoms with Gasteiger partial charge < -0.3 is 10.0 Å². The molecule has 2 rings (SSSR count). The molecule has 1 atom stereocenters. The highest BCUT2D eigenvalue weighted by Crippen LogP contribution is 2.48. The SMILES string of the molecule is CN1C(=O)C(O)(C(F)(F)F)c2ccccc21. The Kier molecular flexibility index (Phi) is 2.03. The number of carbonyl (C=O) groups is 1. The number of aliphatic hydroxyl groups is 1. The van der Waals surface area contributed by atoms with Crippen molar-refractivity contribution in [3.63, 3.8) is 0 Å². The largest absolute Gasteiger partial charge is 0.430 e. The Bertz CT molecular complexity index is 458. The zero-order valence-electron chi connectivity index (χ0n) is 8.25. The molecule has 1 N–H and O–H groups in total. The monoisotopic (exact) mass is 231 g/mol. The van der Waals surface area contributed by atoms with E-state index in [-0.39, 0.29) is 5.69 Å². The quantitative estimate of drug-likeness (QED) is 0.733. The molecule has 86 valence electrons. The van der Waals surface area contributed by atoms with Gasteiger partial charge in [0.25, 0.3) is 11.5 Å². The highest BCUT2D eigenvalue weighted by molar-refractivity contribution is 6.07. The molecule has 0 aliphatic carbocycles. The molecule has 1 unspecified atom stereocenters. The summed E-state index contributed by atoms with van der Waals surface area (Å²) >= 11 is 0. The van der Waals surface area contributed by atoms with Crippen LogP contribution in [-0.4, -0.2) is 24.2 Å². The molecule has 1 aliphatic heterocycles. The van der Waals surface area contributed by atoms with E-state index in [0.29, 0.717) is 0 Å². The number of benzene rings is 1. The van der Waals surface area contributed by atoms with Crippen molar-refractivity contribution >= 4 is 11.6 Å². The van der Waals surface area contributed by atoms with E-state index >= 15 is 0 Å². The first-order valence-corrected chi connectivity index (χ1v) is 4.47. The van der Waals surface area contributed by atoms with E-state index in [1.54, 1.807) is 0 Å². The Hall–Kier alpha value is -1.56. The second kappa shape index (κ2) is 2.98. The molecular formula is C10H8F3NO2. The molecule has 1 heterocycles. The van der Waals surface area contributed by atoms with E-state index in [0.717, 1.165) is 11.0 Å². The zero-order chi connectivity index (χ0) is 12.1. The van der Waals surface area contributed by atoms with E-state index in [1.807, 2.05) is 0 Å². The van der Waals surface area contributed by atoms with Gasteiger partial charge >= 0.3 is 6.18 Å². The van der Waals surface area contributed by atoms with Crippen LogP contribution in [0.15, 0.2) is 24.3 Å². The number of alkyl halides is 3. The first kappa shape index (κ1) is 10.9. The number of anilines is 1. The van der Waals surface area contributed by atoms with E-state index in [1.165, 1.54) is 25.2 Å². The fourth-order valence-electron chi connectivity index (χ4n) is 1.81.